The Bertz CT molecular complexity index is 2420. The molecule has 4 nitrogen and oxygen atoms in total. The number of hydrogen-bond acceptors (Lipinski definition) is 2. The summed E-state index contributed by atoms with van der Waals surface area (Å²) in [4.78, 5) is 10.1. The third-order valence-corrected chi connectivity index (χ3v) is 8.58. The summed E-state index contributed by atoms with van der Waals surface area (Å²) in [6.45, 7) is 0.458. The highest BCUT2D eigenvalue weighted by molar-refractivity contribution is 6.17. The summed E-state index contributed by atoms with van der Waals surface area (Å²) in [5.74, 6) is 0.996. The van der Waals surface area contributed by atoms with Crippen LogP contribution in [-0.2, 0) is 6.54 Å². The first-order chi connectivity index (χ1) is 23.2. The third-order valence-electron chi connectivity index (χ3n) is 8.58. The molecule has 0 radical (unpaired) electrons. The lowest BCUT2D eigenvalue weighted by molar-refractivity contribution is 0.669. The Labute approximate surface area is 273 Å². The lowest BCUT2D eigenvalue weighted by Crippen LogP contribution is -2.16. The summed E-state index contributed by atoms with van der Waals surface area (Å²) in [5.41, 5.74) is 15.7. The van der Waals surface area contributed by atoms with Gasteiger partial charge in [0.25, 0.3) is 0 Å². The highest BCUT2D eigenvalue weighted by Gasteiger charge is 2.17. The Morgan fingerprint density at radius 1 is 0.532 bits per heavy atom. The lowest BCUT2D eigenvalue weighted by Gasteiger charge is -2.13. The minimum absolute atomic E-state index is 0.418. The first-order valence-corrected chi connectivity index (χ1v) is 15.7. The quantitative estimate of drug-likeness (QED) is 0.151. The van der Waals surface area contributed by atoms with Gasteiger partial charge in [-0.25, -0.2) is 4.99 Å². The molecule has 0 saturated heterocycles. The number of benzene rings is 7. The molecule has 1 aromatic heterocycles. The zero-order valence-electron chi connectivity index (χ0n) is 25.7. The molecule has 0 bridgehead atoms. The molecular weight excluding hydrogens is 574 g/mol. The third kappa shape index (κ3) is 5.58. The number of hydrogen-bond donors (Lipinski definition) is 1. The van der Waals surface area contributed by atoms with Crippen molar-refractivity contribution in [2.24, 2.45) is 15.7 Å². The Kier molecular flexibility index (Phi) is 7.37. The summed E-state index contributed by atoms with van der Waals surface area (Å²) >= 11 is 0. The monoisotopic (exact) mass is 605 g/mol. The summed E-state index contributed by atoms with van der Waals surface area (Å²) in [6.07, 6.45) is 0. The fourth-order valence-corrected chi connectivity index (χ4v) is 6.24. The molecule has 7 aromatic carbocycles. The number of fused-ring (bicyclic) bond motifs is 4. The Hall–Kier alpha value is -6.26. The van der Waals surface area contributed by atoms with Crippen LogP contribution in [0.1, 0.15) is 16.7 Å². The van der Waals surface area contributed by atoms with Crippen molar-refractivity contribution in [2.45, 2.75) is 6.54 Å². The van der Waals surface area contributed by atoms with Gasteiger partial charge in [0, 0.05) is 21.9 Å². The van der Waals surface area contributed by atoms with E-state index in [-0.39, 0.29) is 0 Å². The van der Waals surface area contributed by atoms with Gasteiger partial charge in [-0.3, -0.25) is 4.99 Å². The van der Waals surface area contributed by atoms with Crippen LogP contribution in [0.2, 0.25) is 0 Å². The molecule has 224 valence electrons. The maximum Gasteiger partial charge on any atom is 0.157 e. The molecule has 0 unspecified atom stereocenters. The van der Waals surface area contributed by atoms with Gasteiger partial charge < -0.3 is 10.2 Å². The number of furan rings is 1. The van der Waals surface area contributed by atoms with E-state index < -0.39 is 0 Å². The number of nitrogens with zero attached hydrogens (tertiary/aromatic N) is 2. The van der Waals surface area contributed by atoms with Gasteiger partial charge in [-0.1, -0.05) is 140 Å². The lowest BCUT2D eigenvalue weighted by atomic mass is 9.92. The van der Waals surface area contributed by atoms with E-state index in [1.54, 1.807) is 0 Å². The molecular formula is C43H31N3O. The van der Waals surface area contributed by atoms with Crippen molar-refractivity contribution in [3.05, 3.63) is 180 Å². The molecule has 4 heteroatoms. The van der Waals surface area contributed by atoms with Crippen molar-refractivity contribution in [3.8, 4) is 22.3 Å². The topological polar surface area (TPSA) is 63.9 Å². The first-order valence-electron chi connectivity index (χ1n) is 15.7. The van der Waals surface area contributed by atoms with E-state index in [1.165, 1.54) is 11.1 Å². The standard InChI is InChI=1S/C43H31N3O/c44-42(32-14-5-2-6-15-32)46-43(45-28-29-22-24-31(25-23-29)30-12-3-1-4-13-30)34-26-33-16-7-8-17-35(33)38(27-34)36-19-11-21-40-41(36)37-18-9-10-20-39(37)47-40/h1-27H,28H2,(H2,44,45,46). The number of nitrogens with two attached hydrogens (primary N) is 1. The molecule has 0 aliphatic heterocycles. The minimum atomic E-state index is 0.418. The van der Waals surface area contributed by atoms with Crippen LogP contribution in [0.3, 0.4) is 0 Å². The summed E-state index contributed by atoms with van der Waals surface area (Å²) < 4.78 is 6.27. The second kappa shape index (κ2) is 12.3. The van der Waals surface area contributed by atoms with Gasteiger partial charge in [-0.05, 0) is 62.9 Å². The number of aliphatic imine (C=N–C) groups is 2. The van der Waals surface area contributed by atoms with E-state index in [4.69, 9.17) is 20.1 Å². The van der Waals surface area contributed by atoms with E-state index in [0.29, 0.717) is 18.2 Å². The predicted molar refractivity (Wildman–Crippen MR) is 196 cm³/mol. The van der Waals surface area contributed by atoms with Crippen molar-refractivity contribution in [3.63, 3.8) is 0 Å². The van der Waals surface area contributed by atoms with Gasteiger partial charge in [0.2, 0.25) is 0 Å². The molecule has 1 heterocycles. The maximum absolute atomic E-state index is 6.63. The maximum atomic E-state index is 6.63. The van der Waals surface area contributed by atoms with E-state index in [2.05, 4.69) is 109 Å². The van der Waals surface area contributed by atoms with Crippen LogP contribution in [0, 0.1) is 0 Å². The van der Waals surface area contributed by atoms with Gasteiger partial charge in [-0.15, -0.1) is 0 Å². The van der Waals surface area contributed by atoms with Crippen LogP contribution in [0.25, 0.3) is 55.0 Å². The average molecular weight is 606 g/mol. The average Bonchev–Trinajstić information content (AvgIpc) is 3.53. The second-order valence-electron chi connectivity index (χ2n) is 11.6. The molecule has 2 N–H and O–H groups in total. The smallest absolute Gasteiger partial charge is 0.157 e. The van der Waals surface area contributed by atoms with Crippen molar-refractivity contribution in [1.29, 1.82) is 0 Å². The number of rotatable bonds is 6. The molecule has 0 spiro atoms. The zero-order valence-corrected chi connectivity index (χ0v) is 25.7. The fourth-order valence-electron chi connectivity index (χ4n) is 6.24. The van der Waals surface area contributed by atoms with Crippen LogP contribution in [0.15, 0.2) is 178 Å². The normalized spacial score (nSPS) is 12.3. The zero-order chi connectivity index (χ0) is 31.6. The molecule has 47 heavy (non-hydrogen) atoms. The van der Waals surface area contributed by atoms with Crippen molar-refractivity contribution in [1.82, 2.24) is 0 Å². The number of para-hydroxylation sites is 1. The van der Waals surface area contributed by atoms with Crippen LogP contribution < -0.4 is 5.73 Å². The summed E-state index contributed by atoms with van der Waals surface area (Å²) in [6, 6.07) is 56.0. The highest BCUT2D eigenvalue weighted by Crippen LogP contribution is 2.40. The number of amidine groups is 2. The van der Waals surface area contributed by atoms with Gasteiger partial charge >= 0.3 is 0 Å². The van der Waals surface area contributed by atoms with E-state index >= 15 is 0 Å². The van der Waals surface area contributed by atoms with Crippen LogP contribution in [-0.4, -0.2) is 11.7 Å². The molecule has 0 aliphatic carbocycles. The fraction of sp³-hybridized carbons (Fsp3) is 0.0233. The highest BCUT2D eigenvalue weighted by atomic mass is 16.3. The van der Waals surface area contributed by atoms with Crippen LogP contribution in [0.5, 0.6) is 0 Å². The Morgan fingerprint density at radius 3 is 2.00 bits per heavy atom. The summed E-state index contributed by atoms with van der Waals surface area (Å²) in [7, 11) is 0. The predicted octanol–water partition coefficient (Wildman–Crippen LogP) is 10.4. The van der Waals surface area contributed by atoms with Crippen LogP contribution in [0.4, 0.5) is 0 Å². The molecule has 0 fully saturated rings. The molecule has 8 rings (SSSR count). The molecule has 0 atom stereocenters. The largest absolute Gasteiger partial charge is 0.456 e. The molecule has 0 aliphatic rings. The van der Waals surface area contributed by atoms with Gasteiger partial charge in [0.05, 0.1) is 6.54 Å². The Morgan fingerprint density at radius 2 is 1.19 bits per heavy atom. The van der Waals surface area contributed by atoms with E-state index in [0.717, 1.165) is 60.5 Å². The molecule has 0 saturated carbocycles. The van der Waals surface area contributed by atoms with Crippen molar-refractivity contribution < 1.29 is 4.42 Å². The molecule has 0 amide bonds. The Balaban J connectivity index is 1.28. The van der Waals surface area contributed by atoms with Gasteiger partial charge in [0.1, 0.15) is 17.0 Å². The first kappa shape index (κ1) is 28.2. The summed E-state index contributed by atoms with van der Waals surface area (Å²) in [5, 5.41) is 4.42. The molecule has 8 aromatic rings. The SMILES string of the molecule is NC(=NC(=NCc1ccc(-c2ccccc2)cc1)c1cc(-c2cccc3oc4ccccc4c23)c2ccccc2c1)c1ccccc1. The van der Waals surface area contributed by atoms with E-state index in [1.807, 2.05) is 54.6 Å². The van der Waals surface area contributed by atoms with Crippen LogP contribution >= 0.6 is 0 Å². The van der Waals surface area contributed by atoms with Gasteiger partial charge in [0.15, 0.2) is 5.84 Å². The van der Waals surface area contributed by atoms with Crippen molar-refractivity contribution >= 4 is 44.4 Å². The van der Waals surface area contributed by atoms with Gasteiger partial charge in [-0.2, -0.15) is 0 Å². The van der Waals surface area contributed by atoms with E-state index in [9.17, 15) is 0 Å². The minimum Gasteiger partial charge on any atom is -0.456 e. The van der Waals surface area contributed by atoms with Crippen molar-refractivity contribution in [2.75, 3.05) is 0 Å². The second-order valence-corrected chi connectivity index (χ2v) is 11.6.